The average Bonchev–Trinajstić information content (AvgIpc) is 2.78. The number of rotatable bonds is 6. The molecule has 1 amide bonds. The van der Waals surface area contributed by atoms with Crippen LogP contribution >= 0.6 is 0 Å². The molecule has 0 unspecified atom stereocenters. The quantitative estimate of drug-likeness (QED) is 0.756. The van der Waals surface area contributed by atoms with Gasteiger partial charge in [0.1, 0.15) is 0 Å². The maximum atomic E-state index is 11.5. The van der Waals surface area contributed by atoms with Crippen LogP contribution in [0.3, 0.4) is 0 Å². The Morgan fingerprint density at radius 3 is 2.29 bits per heavy atom. The molecule has 1 rings (SSSR count). The maximum absolute atomic E-state index is 11.5. The number of amides is 1. The van der Waals surface area contributed by atoms with E-state index in [0.29, 0.717) is 6.42 Å². The van der Waals surface area contributed by atoms with Gasteiger partial charge in [0, 0.05) is 32.6 Å². The molecule has 1 aliphatic carbocycles. The van der Waals surface area contributed by atoms with E-state index in [4.69, 9.17) is 5.73 Å². The van der Waals surface area contributed by atoms with Gasteiger partial charge in [0.15, 0.2) is 0 Å². The summed E-state index contributed by atoms with van der Waals surface area (Å²) in [6.07, 6.45) is 6.56. The lowest BCUT2D eigenvalue weighted by Gasteiger charge is -2.38. The molecular formula is C13H27N3O. The summed E-state index contributed by atoms with van der Waals surface area (Å²) in [5.41, 5.74) is 6.14. The molecule has 4 nitrogen and oxygen atoms in total. The van der Waals surface area contributed by atoms with E-state index < -0.39 is 0 Å². The number of carbonyl (C=O) groups is 1. The number of carbonyl (C=O) groups excluding carboxylic acids is 1. The summed E-state index contributed by atoms with van der Waals surface area (Å²) >= 11 is 0. The molecule has 17 heavy (non-hydrogen) atoms. The van der Waals surface area contributed by atoms with E-state index in [-0.39, 0.29) is 11.4 Å². The summed E-state index contributed by atoms with van der Waals surface area (Å²) < 4.78 is 0. The van der Waals surface area contributed by atoms with Crippen molar-refractivity contribution < 1.29 is 4.79 Å². The first-order valence-electron chi connectivity index (χ1n) is 6.63. The minimum absolute atomic E-state index is 0.209. The van der Waals surface area contributed by atoms with Gasteiger partial charge >= 0.3 is 0 Å². The van der Waals surface area contributed by atoms with E-state index in [9.17, 15) is 4.79 Å². The van der Waals surface area contributed by atoms with E-state index in [1.54, 1.807) is 4.90 Å². The topological polar surface area (TPSA) is 49.6 Å². The van der Waals surface area contributed by atoms with Crippen LogP contribution in [-0.2, 0) is 4.79 Å². The minimum Gasteiger partial charge on any atom is -0.349 e. The monoisotopic (exact) mass is 241 g/mol. The van der Waals surface area contributed by atoms with Crippen LogP contribution in [0.2, 0.25) is 0 Å². The molecule has 0 radical (unpaired) electrons. The Kier molecular flexibility index (Phi) is 5.40. The fourth-order valence-electron chi connectivity index (χ4n) is 2.70. The number of hydrogen-bond acceptors (Lipinski definition) is 3. The third-order valence-corrected chi connectivity index (χ3v) is 4.11. The van der Waals surface area contributed by atoms with Crippen molar-refractivity contribution in [1.29, 1.82) is 0 Å². The molecule has 0 aromatic carbocycles. The first-order chi connectivity index (χ1) is 8.02. The zero-order valence-electron chi connectivity index (χ0n) is 11.5. The van der Waals surface area contributed by atoms with Crippen LogP contribution in [-0.4, -0.2) is 55.5 Å². The summed E-state index contributed by atoms with van der Waals surface area (Å²) in [4.78, 5) is 15.5. The fourth-order valence-corrected chi connectivity index (χ4v) is 2.70. The Bertz CT molecular complexity index is 247. The van der Waals surface area contributed by atoms with Gasteiger partial charge < -0.3 is 10.6 Å². The van der Waals surface area contributed by atoms with Crippen molar-refractivity contribution in [3.63, 3.8) is 0 Å². The average molecular weight is 241 g/mol. The van der Waals surface area contributed by atoms with Crippen LogP contribution in [0, 0.1) is 0 Å². The highest BCUT2D eigenvalue weighted by Gasteiger charge is 2.35. The van der Waals surface area contributed by atoms with Crippen LogP contribution in [0.1, 0.15) is 38.5 Å². The van der Waals surface area contributed by atoms with Crippen molar-refractivity contribution in [2.45, 2.75) is 44.1 Å². The molecule has 1 aliphatic rings. The molecule has 0 aliphatic heterocycles. The first kappa shape index (κ1) is 14.5. The smallest absolute Gasteiger partial charge is 0.222 e. The van der Waals surface area contributed by atoms with Crippen molar-refractivity contribution >= 4 is 5.91 Å². The largest absolute Gasteiger partial charge is 0.349 e. The van der Waals surface area contributed by atoms with E-state index >= 15 is 0 Å². The predicted octanol–water partition coefficient (Wildman–Crippen LogP) is 1.06. The Morgan fingerprint density at radius 2 is 1.82 bits per heavy atom. The van der Waals surface area contributed by atoms with Gasteiger partial charge in [-0.1, -0.05) is 12.8 Å². The zero-order chi connectivity index (χ0) is 12.9. The van der Waals surface area contributed by atoms with Crippen molar-refractivity contribution in [3.05, 3.63) is 0 Å². The van der Waals surface area contributed by atoms with E-state index in [0.717, 1.165) is 19.5 Å². The zero-order valence-corrected chi connectivity index (χ0v) is 11.5. The molecule has 1 saturated carbocycles. The number of nitrogens with two attached hydrogens (primary N) is 1. The highest BCUT2D eigenvalue weighted by molar-refractivity contribution is 5.75. The van der Waals surface area contributed by atoms with E-state index in [1.807, 2.05) is 14.1 Å². The van der Waals surface area contributed by atoms with Gasteiger partial charge in [-0.05, 0) is 32.9 Å². The summed E-state index contributed by atoms with van der Waals surface area (Å²) in [6, 6.07) is 0. The Balaban J connectivity index is 2.33. The van der Waals surface area contributed by atoms with Gasteiger partial charge in [-0.2, -0.15) is 0 Å². The summed E-state index contributed by atoms with van der Waals surface area (Å²) in [5.74, 6) is 0.214. The molecule has 0 spiro atoms. The molecule has 0 aromatic heterocycles. The van der Waals surface area contributed by atoms with Crippen LogP contribution in [0.5, 0.6) is 0 Å². The maximum Gasteiger partial charge on any atom is 0.222 e. The van der Waals surface area contributed by atoms with Gasteiger partial charge in [-0.15, -0.1) is 0 Å². The molecular weight excluding hydrogens is 214 g/mol. The molecule has 2 N–H and O–H groups in total. The Labute approximate surface area is 105 Å². The Morgan fingerprint density at radius 1 is 1.24 bits per heavy atom. The van der Waals surface area contributed by atoms with Crippen LogP contribution in [0.4, 0.5) is 0 Å². The molecule has 0 saturated heterocycles. The van der Waals surface area contributed by atoms with Gasteiger partial charge in [0.25, 0.3) is 0 Å². The molecule has 0 aromatic rings. The standard InChI is InChI=1S/C13H27N3O/c1-15(2)12(17)7-6-10-16(3)13(11-14)8-4-5-9-13/h4-11,14H2,1-3H3. The molecule has 0 heterocycles. The highest BCUT2D eigenvalue weighted by atomic mass is 16.2. The third-order valence-electron chi connectivity index (χ3n) is 4.11. The SMILES string of the molecule is CN(C)C(=O)CCCN(C)C1(CN)CCCC1. The van der Waals surface area contributed by atoms with Crippen molar-refractivity contribution in [2.75, 3.05) is 34.2 Å². The second kappa shape index (κ2) is 6.36. The lowest BCUT2D eigenvalue weighted by Crippen LogP contribution is -2.50. The second-order valence-electron chi connectivity index (χ2n) is 5.45. The van der Waals surface area contributed by atoms with Gasteiger partial charge in [-0.3, -0.25) is 9.69 Å². The summed E-state index contributed by atoms with van der Waals surface area (Å²) in [5, 5.41) is 0. The Hall–Kier alpha value is -0.610. The van der Waals surface area contributed by atoms with Crippen LogP contribution in [0.15, 0.2) is 0 Å². The minimum atomic E-state index is 0.209. The van der Waals surface area contributed by atoms with Gasteiger partial charge in [-0.25, -0.2) is 0 Å². The van der Waals surface area contributed by atoms with Gasteiger partial charge in [0.2, 0.25) is 5.91 Å². The third kappa shape index (κ3) is 3.68. The predicted molar refractivity (Wildman–Crippen MR) is 70.8 cm³/mol. The molecule has 0 bridgehead atoms. The molecule has 1 fully saturated rings. The summed E-state index contributed by atoms with van der Waals surface area (Å²) in [6.45, 7) is 1.71. The van der Waals surface area contributed by atoms with Crippen molar-refractivity contribution in [2.24, 2.45) is 5.73 Å². The van der Waals surface area contributed by atoms with Crippen molar-refractivity contribution in [3.8, 4) is 0 Å². The second-order valence-corrected chi connectivity index (χ2v) is 5.45. The number of likely N-dealkylation sites (N-methyl/N-ethyl adjacent to an activating group) is 1. The van der Waals surface area contributed by atoms with Crippen LogP contribution < -0.4 is 5.73 Å². The molecule has 0 atom stereocenters. The van der Waals surface area contributed by atoms with Gasteiger partial charge in [0.05, 0.1) is 0 Å². The first-order valence-corrected chi connectivity index (χ1v) is 6.63. The fraction of sp³-hybridized carbons (Fsp3) is 0.923. The van der Waals surface area contributed by atoms with E-state index in [1.165, 1.54) is 25.7 Å². The van der Waals surface area contributed by atoms with Crippen molar-refractivity contribution in [1.82, 2.24) is 9.80 Å². The lowest BCUT2D eigenvalue weighted by atomic mass is 9.95. The molecule has 100 valence electrons. The number of nitrogens with zero attached hydrogens (tertiary/aromatic N) is 2. The van der Waals surface area contributed by atoms with Crippen LogP contribution in [0.25, 0.3) is 0 Å². The highest BCUT2D eigenvalue weighted by Crippen LogP contribution is 2.33. The molecule has 4 heteroatoms. The normalized spacial score (nSPS) is 18.6. The van der Waals surface area contributed by atoms with E-state index in [2.05, 4.69) is 11.9 Å². The number of hydrogen-bond donors (Lipinski definition) is 1. The summed E-state index contributed by atoms with van der Waals surface area (Å²) in [7, 11) is 5.77. The lowest BCUT2D eigenvalue weighted by molar-refractivity contribution is -0.128.